The molecule has 142 valence electrons. The summed E-state index contributed by atoms with van der Waals surface area (Å²) in [6.45, 7) is -0.271. The summed E-state index contributed by atoms with van der Waals surface area (Å²) in [5.74, 6) is 4.10. The van der Waals surface area contributed by atoms with Gasteiger partial charge >= 0.3 is 12.1 Å². The van der Waals surface area contributed by atoms with Crippen LogP contribution in [0.4, 0.5) is 13.2 Å². The summed E-state index contributed by atoms with van der Waals surface area (Å²) in [5.41, 5.74) is 2.47. The molecule has 0 aromatic heterocycles. The number of hydrogen-bond donors (Lipinski definition) is 2. The van der Waals surface area contributed by atoms with E-state index in [1.165, 1.54) is 5.56 Å². The van der Waals surface area contributed by atoms with Gasteiger partial charge in [0.2, 0.25) is 0 Å². The van der Waals surface area contributed by atoms with Crippen LogP contribution in [0.1, 0.15) is 35.6 Å². The van der Waals surface area contributed by atoms with Crippen LogP contribution in [-0.2, 0) is 11.2 Å². The molecule has 2 aromatic carbocycles. The van der Waals surface area contributed by atoms with Crippen LogP contribution in [0.5, 0.6) is 0 Å². The summed E-state index contributed by atoms with van der Waals surface area (Å²) in [4.78, 5) is 10.7. The van der Waals surface area contributed by atoms with Crippen LogP contribution in [0.2, 0.25) is 0 Å². The monoisotopic (exact) mass is 375 g/mol. The lowest BCUT2D eigenvalue weighted by Gasteiger charge is -2.13. The quantitative estimate of drug-likeness (QED) is 0.755. The largest absolute Gasteiger partial charge is 0.471 e. The van der Waals surface area contributed by atoms with Crippen LogP contribution in [0.15, 0.2) is 54.6 Å². The van der Waals surface area contributed by atoms with Crippen molar-refractivity contribution in [3.05, 3.63) is 71.3 Å². The standard InChI is InChI=1S/C21H20F3NO2/c22-21(23,24)20(27)25-14-13-19(26)18-12-6-11-17(15-18)10-5-4-9-16-7-2-1-3-8-16/h1-3,6-8,11-12,15,19,26H,4,9,13-14H2,(H,25,27). The fraction of sp³-hybridized carbons (Fsp3) is 0.286. The maximum absolute atomic E-state index is 12.1. The van der Waals surface area contributed by atoms with Gasteiger partial charge in [0.15, 0.2) is 0 Å². The molecule has 2 rings (SSSR count). The van der Waals surface area contributed by atoms with Crippen molar-refractivity contribution in [3.63, 3.8) is 0 Å². The van der Waals surface area contributed by atoms with Crippen molar-refractivity contribution in [2.45, 2.75) is 31.5 Å². The molecule has 0 aliphatic carbocycles. The van der Waals surface area contributed by atoms with E-state index in [0.29, 0.717) is 12.0 Å². The molecule has 0 heterocycles. The highest BCUT2D eigenvalue weighted by Crippen LogP contribution is 2.18. The number of carbonyl (C=O) groups is 1. The van der Waals surface area contributed by atoms with E-state index in [4.69, 9.17) is 0 Å². The molecular formula is C21H20F3NO2. The number of amides is 1. The SMILES string of the molecule is O=C(NCCC(O)c1cccc(C#CCCc2ccccc2)c1)C(F)(F)F. The number of aryl methyl sites for hydroxylation is 1. The van der Waals surface area contributed by atoms with E-state index in [9.17, 15) is 23.1 Å². The smallest absolute Gasteiger partial charge is 0.388 e. The summed E-state index contributed by atoms with van der Waals surface area (Å²) < 4.78 is 36.3. The first kappa shape index (κ1) is 20.5. The molecule has 0 bridgehead atoms. The maximum Gasteiger partial charge on any atom is 0.471 e. The van der Waals surface area contributed by atoms with Gasteiger partial charge in [0, 0.05) is 18.5 Å². The van der Waals surface area contributed by atoms with Crippen LogP contribution in [0.25, 0.3) is 0 Å². The predicted octanol–water partition coefficient (Wildman–Crippen LogP) is 3.77. The molecule has 2 N–H and O–H groups in total. The van der Waals surface area contributed by atoms with Gasteiger partial charge in [0.25, 0.3) is 0 Å². The minimum Gasteiger partial charge on any atom is -0.388 e. The maximum atomic E-state index is 12.1. The number of aliphatic hydroxyl groups excluding tert-OH is 1. The summed E-state index contributed by atoms with van der Waals surface area (Å²) in [6, 6.07) is 16.9. The third kappa shape index (κ3) is 7.16. The number of carbonyl (C=O) groups excluding carboxylic acids is 1. The number of aliphatic hydroxyl groups is 1. The lowest BCUT2D eigenvalue weighted by atomic mass is 10.0. The van der Waals surface area contributed by atoms with E-state index < -0.39 is 18.2 Å². The van der Waals surface area contributed by atoms with Crippen molar-refractivity contribution in [3.8, 4) is 11.8 Å². The molecule has 1 atom stereocenters. The molecule has 1 amide bonds. The second-order valence-corrected chi connectivity index (χ2v) is 5.97. The Labute approximate surface area is 156 Å². The lowest BCUT2D eigenvalue weighted by molar-refractivity contribution is -0.173. The highest BCUT2D eigenvalue weighted by Gasteiger charge is 2.38. The zero-order valence-corrected chi connectivity index (χ0v) is 14.6. The number of hydrogen-bond acceptors (Lipinski definition) is 2. The van der Waals surface area contributed by atoms with Crippen LogP contribution in [-0.4, -0.2) is 23.7 Å². The van der Waals surface area contributed by atoms with Crippen molar-refractivity contribution < 1.29 is 23.1 Å². The van der Waals surface area contributed by atoms with Crippen LogP contribution in [0, 0.1) is 11.8 Å². The van der Waals surface area contributed by atoms with Gasteiger partial charge in [0.05, 0.1) is 6.10 Å². The van der Waals surface area contributed by atoms with E-state index in [2.05, 4.69) is 11.8 Å². The van der Waals surface area contributed by atoms with Crippen LogP contribution >= 0.6 is 0 Å². The molecule has 6 heteroatoms. The second kappa shape index (κ2) is 9.79. The highest BCUT2D eigenvalue weighted by atomic mass is 19.4. The number of rotatable bonds is 6. The summed E-state index contributed by atoms with van der Waals surface area (Å²) >= 11 is 0. The Morgan fingerprint density at radius 3 is 2.56 bits per heavy atom. The number of alkyl halides is 3. The Morgan fingerprint density at radius 2 is 1.85 bits per heavy atom. The Kier molecular flexibility index (Phi) is 7.44. The average molecular weight is 375 g/mol. The van der Waals surface area contributed by atoms with E-state index in [0.717, 1.165) is 12.0 Å². The van der Waals surface area contributed by atoms with Crippen molar-refractivity contribution in [1.82, 2.24) is 5.32 Å². The van der Waals surface area contributed by atoms with E-state index in [-0.39, 0.29) is 13.0 Å². The molecule has 0 aliphatic heterocycles. The van der Waals surface area contributed by atoms with Crippen molar-refractivity contribution in [1.29, 1.82) is 0 Å². The average Bonchev–Trinajstić information content (AvgIpc) is 2.65. The molecule has 0 aliphatic rings. The minimum absolute atomic E-state index is 0.0211. The summed E-state index contributed by atoms with van der Waals surface area (Å²) in [5, 5.41) is 11.8. The molecular weight excluding hydrogens is 355 g/mol. The number of benzene rings is 2. The van der Waals surface area contributed by atoms with Gasteiger partial charge in [-0.15, -0.1) is 0 Å². The fourth-order valence-electron chi connectivity index (χ4n) is 2.43. The first-order chi connectivity index (χ1) is 12.9. The van der Waals surface area contributed by atoms with Crippen molar-refractivity contribution in [2.24, 2.45) is 0 Å². The normalized spacial score (nSPS) is 12.0. The Hall–Kier alpha value is -2.78. The minimum atomic E-state index is -4.92. The van der Waals surface area contributed by atoms with Crippen molar-refractivity contribution in [2.75, 3.05) is 6.54 Å². The zero-order valence-electron chi connectivity index (χ0n) is 14.6. The summed E-state index contributed by atoms with van der Waals surface area (Å²) in [7, 11) is 0. The number of halogens is 3. The van der Waals surface area contributed by atoms with Gasteiger partial charge in [-0.3, -0.25) is 4.79 Å². The highest BCUT2D eigenvalue weighted by molar-refractivity contribution is 5.81. The molecule has 3 nitrogen and oxygen atoms in total. The first-order valence-corrected chi connectivity index (χ1v) is 8.52. The van der Waals surface area contributed by atoms with E-state index in [1.54, 1.807) is 29.6 Å². The number of nitrogens with one attached hydrogen (secondary N) is 1. The fourth-order valence-corrected chi connectivity index (χ4v) is 2.43. The third-order valence-corrected chi connectivity index (χ3v) is 3.85. The second-order valence-electron chi connectivity index (χ2n) is 5.97. The van der Waals surface area contributed by atoms with Gasteiger partial charge in [0.1, 0.15) is 0 Å². The molecule has 27 heavy (non-hydrogen) atoms. The van der Waals surface area contributed by atoms with Gasteiger partial charge in [-0.1, -0.05) is 54.3 Å². The van der Waals surface area contributed by atoms with Gasteiger partial charge in [-0.2, -0.15) is 13.2 Å². The van der Waals surface area contributed by atoms with Crippen LogP contribution < -0.4 is 5.32 Å². The topological polar surface area (TPSA) is 49.3 Å². The molecule has 0 saturated carbocycles. The van der Waals surface area contributed by atoms with E-state index in [1.807, 2.05) is 30.3 Å². The molecule has 0 spiro atoms. The molecule has 1 unspecified atom stereocenters. The Balaban J connectivity index is 1.85. The van der Waals surface area contributed by atoms with Gasteiger partial charge in [-0.25, -0.2) is 0 Å². The molecule has 0 fully saturated rings. The van der Waals surface area contributed by atoms with Crippen molar-refractivity contribution >= 4 is 5.91 Å². The molecule has 0 radical (unpaired) electrons. The van der Waals surface area contributed by atoms with Gasteiger partial charge < -0.3 is 10.4 Å². The lowest BCUT2D eigenvalue weighted by Crippen LogP contribution is -2.37. The van der Waals surface area contributed by atoms with E-state index >= 15 is 0 Å². The molecule has 0 saturated heterocycles. The zero-order chi connectivity index (χ0) is 19.7. The molecule has 2 aromatic rings. The Bertz CT molecular complexity index is 807. The van der Waals surface area contributed by atoms with Gasteiger partial charge in [-0.05, 0) is 36.1 Å². The predicted molar refractivity (Wildman–Crippen MR) is 96.7 cm³/mol. The summed E-state index contributed by atoms with van der Waals surface area (Å²) in [6.07, 6.45) is -4.38. The third-order valence-electron chi connectivity index (χ3n) is 3.85. The van der Waals surface area contributed by atoms with Crippen LogP contribution in [0.3, 0.4) is 0 Å². The first-order valence-electron chi connectivity index (χ1n) is 8.52. The Morgan fingerprint density at radius 1 is 1.11 bits per heavy atom.